The van der Waals surface area contributed by atoms with Gasteiger partial charge < -0.3 is 4.57 Å². The van der Waals surface area contributed by atoms with Crippen molar-refractivity contribution >= 4 is 10.9 Å². The summed E-state index contributed by atoms with van der Waals surface area (Å²) >= 11 is 0. The number of para-hydroxylation sites is 1. The predicted octanol–water partition coefficient (Wildman–Crippen LogP) is 5.12. The molecule has 20 heavy (non-hydrogen) atoms. The largest absolute Gasteiger partial charge is 0.340 e. The molecule has 0 bridgehead atoms. The average Bonchev–Trinajstić information content (AvgIpc) is 2.73. The van der Waals surface area contributed by atoms with Gasteiger partial charge in [-0.15, -0.1) is 0 Å². The van der Waals surface area contributed by atoms with E-state index in [2.05, 4.69) is 79.9 Å². The van der Waals surface area contributed by atoms with Crippen LogP contribution in [0.1, 0.15) is 36.6 Å². The third-order valence-corrected chi connectivity index (χ3v) is 4.04. The van der Waals surface area contributed by atoms with Crippen molar-refractivity contribution in [2.24, 2.45) is 0 Å². The Bertz CT molecular complexity index is 720. The maximum absolute atomic E-state index is 2.44. The molecule has 1 heterocycles. The summed E-state index contributed by atoms with van der Waals surface area (Å²) in [6, 6.07) is 19.4. The summed E-state index contributed by atoms with van der Waals surface area (Å²) < 4.78 is 2.44. The minimum Gasteiger partial charge on any atom is -0.340 e. The van der Waals surface area contributed by atoms with Crippen LogP contribution in [-0.2, 0) is 6.54 Å². The quantitative estimate of drug-likeness (QED) is 0.618. The molecule has 0 N–H and O–H groups in total. The highest BCUT2D eigenvalue weighted by molar-refractivity contribution is 5.86. The van der Waals surface area contributed by atoms with Crippen molar-refractivity contribution in [3.05, 3.63) is 71.4 Å². The van der Waals surface area contributed by atoms with Crippen LogP contribution in [0.2, 0.25) is 0 Å². The van der Waals surface area contributed by atoms with Crippen molar-refractivity contribution in [2.45, 2.75) is 33.2 Å². The Morgan fingerprint density at radius 3 is 2.25 bits per heavy atom. The molecule has 0 saturated carbocycles. The lowest BCUT2D eigenvalue weighted by atomic mass is 10.00. The van der Waals surface area contributed by atoms with Crippen LogP contribution >= 0.6 is 0 Å². The second-order valence-electron chi connectivity index (χ2n) is 5.74. The van der Waals surface area contributed by atoms with Crippen LogP contribution in [0.4, 0.5) is 0 Å². The lowest BCUT2D eigenvalue weighted by Gasteiger charge is -2.10. The lowest BCUT2D eigenvalue weighted by Crippen LogP contribution is -2.02. The molecule has 2 aromatic carbocycles. The van der Waals surface area contributed by atoms with Gasteiger partial charge in [-0.1, -0.05) is 62.4 Å². The van der Waals surface area contributed by atoms with Crippen molar-refractivity contribution in [2.75, 3.05) is 0 Å². The number of aromatic nitrogens is 1. The molecule has 1 heteroatoms. The number of fused-ring (bicyclic) bond motifs is 1. The Balaban J connectivity index is 2.18. The van der Waals surface area contributed by atoms with Gasteiger partial charge in [0.15, 0.2) is 0 Å². The van der Waals surface area contributed by atoms with E-state index in [9.17, 15) is 0 Å². The molecule has 0 aliphatic carbocycles. The van der Waals surface area contributed by atoms with E-state index >= 15 is 0 Å². The fraction of sp³-hybridized carbons (Fsp3) is 0.263. The molecule has 0 amide bonds. The van der Waals surface area contributed by atoms with E-state index in [1.54, 1.807) is 0 Å². The maximum atomic E-state index is 2.44. The highest BCUT2D eigenvalue weighted by Crippen LogP contribution is 2.31. The van der Waals surface area contributed by atoms with Crippen LogP contribution in [-0.4, -0.2) is 4.57 Å². The molecular weight excluding hydrogens is 242 g/mol. The first-order valence-electron chi connectivity index (χ1n) is 7.30. The Hall–Kier alpha value is -2.02. The first-order chi connectivity index (χ1) is 9.68. The zero-order valence-electron chi connectivity index (χ0n) is 12.4. The number of nitrogens with zero attached hydrogens (tertiary/aromatic N) is 1. The SMILES string of the molecule is Cc1c(C(C)C)c2ccccc2n1Cc1ccccc1. The van der Waals surface area contributed by atoms with Crippen molar-refractivity contribution in [1.29, 1.82) is 0 Å². The molecule has 0 aliphatic heterocycles. The molecule has 0 atom stereocenters. The van der Waals surface area contributed by atoms with Crippen LogP contribution in [0.25, 0.3) is 10.9 Å². The molecular formula is C19H21N. The van der Waals surface area contributed by atoms with Gasteiger partial charge in [0, 0.05) is 23.1 Å². The van der Waals surface area contributed by atoms with Gasteiger partial charge in [0.1, 0.15) is 0 Å². The van der Waals surface area contributed by atoms with Crippen LogP contribution in [0.5, 0.6) is 0 Å². The van der Waals surface area contributed by atoms with E-state index in [1.165, 1.54) is 27.7 Å². The summed E-state index contributed by atoms with van der Waals surface area (Å²) in [5.41, 5.74) is 5.57. The third kappa shape index (κ3) is 2.14. The molecule has 0 saturated heterocycles. The van der Waals surface area contributed by atoms with Crippen LogP contribution < -0.4 is 0 Å². The normalized spacial score (nSPS) is 11.4. The molecule has 102 valence electrons. The van der Waals surface area contributed by atoms with E-state index in [-0.39, 0.29) is 0 Å². The Morgan fingerprint density at radius 1 is 0.900 bits per heavy atom. The monoisotopic (exact) mass is 263 g/mol. The highest BCUT2D eigenvalue weighted by atomic mass is 15.0. The first-order valence-corrected chi connectivity index (χ1v) is 7.30. The molecule has 0 radical (unpaired) electrons. The van der Waals surface area contributed by atoms with Crippen molar-refractivity contribution < 1.29 is 0 Å². The van der Waals surface area contributed by atoms with Gasteiger partial charge in [-0.2, -0.15) is 0 Å². The van der Waals surface area contributed by atoms with Crippen LogP contribution in [0, 0.1) is 6.92 Å². The fourth-order valence-corrected chi connectivity index (χ4v) is 3.16. The Kier molecular flexibility index (Phi) is 3.35. The third-order valence-electron chi connectivity index (χ3n) is 4.04. The van der Waals surface area contributed by atoms with Gasteiger partial charge in [0.05, 0.1) is 0 Å². The zero-order valence-corrected chi connectivity index (χ0v) is 12.4. The summed E-state index contributed by atoms with van der Waals surface area (Å²) in [6.07, 6.45) is 0. The summed E-state index contributed by atoms with van der Waals surface area (Å²) in [6.45, 7) is 7.75. The second-order valence-corrected chi connectivity index (χ2v) is 5.74. The zero-order chi connectivity index (χ0) is 14.1. The van der Waals surface area contributed by atoms with Crippen molar-refractivity contribution in [1.82, 2.24) is 4.57 Å². The van der Waals surface area contributed by atoms with Crippen molar-refractivity contribution in [3.8, 4) is 0 Å². The number of rotatable bonds is 3. The summed E-state index contributed by atoms with van der Waals surface area (Å²) in [7, 11) is 0. The van der Waals surface area contributed by atoms with Gasteiger partial charge in [-0.3, -0.25) is 0 Å². The first kappa shape index (κ1) is 13.0. The molecule has 0 spiro atoms. The van der Waals surface area contributed by atoms with E-state index < -0.39 is 0 Å². The van der Waals surface area contributed by atoms with Crippen LogP contribution in [0.3, 0.4) is 0 Å². The van der Waals surface area contributed by atoms with Gasteiger partial charge >= 0.3 is 0 Å². The molecule has 1 nitrogen and oxygen atoms in total. The molecule has 3 rings (SSSR count). The van der Waals surface area contributed by atoms with Gasteiger partial charge in [0.25, 0.3) is 0 Å². The predicted molar refractivity (Wildman–Crippen MR) is 86.3 cm³/mol. The second kappa shape index (κ2) is 5.16. The van der Waals surface area contributed by atoms with E-state index in [0.29, 0.717) is 5.92 Å². The van der Waals surface area contributed by atoms with Gasteiger partial charge in [-0.05, 0) is 30.0 Å². The highest BCUT2D eigenvalue weighted by Gasteiger charge is 2.15. The standard InChI is InChI=1S/C19H21N/c1-14(2)19-15(3)20(13-16-9-5-4-6-10-16)18-12-8-7-11-17(18)19/h4-12,14H,13H2,1-3H3. The van der Waals surface area contributed by atoms with E-state index in [1.807, 2.05) is 0 Å². The van der Waals surface area contributed by atoms with Crippen molar-refractivity contribution in [3.63, 3.8) is 0 Å². The van der Waals surface area contributed by atoms with E-state index in [0.717, 1.165) is 6.54 Å². The summed E-state index contributed by atoms with van der Waals surface area (Å²) in [4.78, 5) is 0. The lowest BCUT2D eigenvalue weighted by molar-refractivity contribution is 0.775. The smallest absolute Gasteiger partial charge is 0.0488 e. The summed E-state index contributed by atoms with van der Waals surface area (Å²) in [5.74, 6) is 0.553. The topological polar surface area (TPSA) is 4.93 Å². The van der Waals surface area contributed by atoms with Gasteiger partial charge in [-0.25, -0.2) is 0 Å². The fourth-order valence-electron chi connectivity index (χ4n) is 3.16. The minimum atomic E-state index is 0.553. The Labute approximate surface area is 120 Å². The number of hydrogen-bond donors (Lipinski definition) is 0. The molecule has 3 aromatic rings. The van der Waals surface area contributed by atoms with E-state index in [4.69, 9.17) is 0 Å². The summed E-state index contributed by atoms with van der Waals surface area (Å²) in [5, 5.41) is 1.40. The van der Waals surface area contributed by atoms with Crippen LogP contribution in [0.15, 0.2) is 54.6 Å². The minimum absolute atomic E-state index is 0.553. The average molecular weight is 263 g/mol. The maximum Gasteiger partial charge on any atom is 0.0488 e. The van der Waals surface area contributed by atoms with Gasteiger partial charge in [0.2, 0.25) is 0 Å². The molecule has 0 fully saturated rings. The molecule has 0 unspecified atom stereocenters. The molecule has 1 aromatic heterocycles. The Morgan fingerprint density at radius 2 is 1.55 bits per heavy atom. The molecule has 0 aliphatic rings. The number of benzene rings is 2. The number of hydrogen-bond acceptors (Lipinski definition) is 0.